The van der Waals surface area contributed by atoms with Crippen molar-refractivity contribution < 1.29 is 4.79 Å². The highest BCUT2D eigenvalue weighted by Crippen LogP contribution is 2.24. The van der Waals surface area contributed by atoms with Crippen molar-refractivity contribution in [1.29, 1.82) is 0 Å². The van der Waals surface area contributed by atoms with Crippen LogP contribution in [0.5, 0.6) is 0 Å². The van der Waals surface area contributed by atoms with Gasteiger partial charge in [-0.2, -0.15) is 0 Å². The molecular formula is C20H15N5O2S2. The average Bonchev–Trinajstić information content (AvgIpc) is 3.22. The largest absolute Gasteiger partial charge is 0.301 e. The number of thioether (sulfide) groups is 1. The summed E-state index contributed by atoms with van der Waals surface area (Å²) in [6.45, 7) is 0. The number of aromatic amines is 1. The number of nitrogens with zero attached hydrogens (tertiary/aromatic N) is 3. The van der Waals surface area contributed by atoms with Crippen molar-refractivity contribution in [1.82, 2.24) is 20.2 Å². The van der Waals surface area contributed by atoms with Crippen LogP contribution in [0.3, 0.4) is 0 Å². The fourth-order valence-electron chi connectivity index (χ4n) is 2.53. The average molecular weight is 422 g/mol. The Morgan fingerprint density at radius 3 is 2.38 bits per heavy atom. The van der Waals surface area contributed by atoms with Gasteiger partial charge in [-0.05, 0) is 0 Å². The van der Waals surface area contributed by atoms with E-state index in [0.29, 0.717) is 10.7 Å². The number of benzene rings is 2. The molecule has 0 unspecified atom stereocenters. The molecule has 2 aromatic heterocycles. The van der Waals surface area contributed by atoms with Gasteiger partial charge in [0.05, 0.1) is 11.4 Å². The van der Waals surface area contributed by atoms with E-state index in [1.54, 1.807) is 12.1 Å². The van der Waals surface area contributed by atoms with Gasteiger partial charge in [0.2, 0.25) is 5.91 Å². The summed E-state index contributed by atoms with van der Waals surface area (Å²) in [6.07, 6.45) is 0. The zero-order valence-electron chi connectivity index (χ0n) is 15.0. The molecule has 0 aliphatic heterocycles. The molecule has 4 aromatic rings. The van der Waals surface area contributed by atoms with Crippen LogP contribution < -0.4 is 10.9 Å². The minimum absolute atomic E-state index is 0.0789. The summed E-state index contributed by atoms with van der Waals surface area (Å²) in [5.74, 6) is -0.158. The molecule has 0 saturated heterocycles. The van der Waals surface area contributed by atoms with Crippen molar-refractivity contribution in [2.24, 2.45) is 0 Å². The standard InChI is InChI=1S/C20H15N5O2S2/c26-16(22-19-21-15(11-28-19)13-7-3-1-4-8-13)12-29-20-23-18(27)17(24-25-20)14-9-5-2-6-10-14/h1-11H,12H2,(H,21,22,26)(H,23,25,27). The molecule has 2 N–H and O–H groups in total. The minimum atomic E-state index is -0.346. The summed E-state index contributed by atoms with van der Waals surface area (Å²) in [5.41, 5.74) is 2.39. The number of hydrogen-bond acceptors (Lipinski definition) is 7. The van der Waals surface area contributed by atoms with Gasteiger partial charge in [0, 0.05) is 16.5 Å². The summed E-state index contributed by atoms with van der Waals surface area (Å²) >= 11 is 2.46. The Bertz CT molecular complexity index is 1180. The van der Waals surface area contributed by atoms with E-state index in [1.807, 2.05) is 53.9 Å². The van der Waals surface area contributed by atoms with Gasteiger partial charge in [-0.3, -0.25) is 14.6 Å². The second kappa shape index (κ2) is 8.80. The number of carbonyl (C=O) groups excluding carboxylic acids is 1. The number of anilines is 1. The molecule has 0 aliphatic rings. The molecular weight excluding hydrogens is 406 g/mol. The Morgan fingerprint density at radius 2 is 1.69 bits per heavy atom. The fourth-order valence-corrected chi connectivity index (χ4v) is 3.87. The molecule has 144 valence electrons. The number of nitrogens with one attached hydrogen (secondary N) is 2. The van der Waals surface area contributed by atoms with Crippen LogP contribution in [-0.2, 0) is 4.79 Å². The molecule has 29 heavy (non-hydrogen) atoms. The molecule has 0 aliphatic carbocycles. The maximum absolute atomic E-state index is 12.2. The van der Waals surface area contributed by atoms with E-state index in [4.69, 9.17) is 0 Å². The van der Waals surface area contributed by atoms with Crippen molar-refractivity contribution in [3.63, 3.8) is 0 Å². The van der Waals surface area contributed by atoms with Crippen LogP contribution in [0.4, 0.5) is 5.13 Å². The van der Waals surface area contributed by atoms with Crippen LogP contribution in [-0.4, -0.2) is 31.8 Å². The predicted octanol–water partition coefficient (Wildman–Crippen LogP) is 3.69. The van der Waals surface area contributed by atoms with E-state index < -0.39 is 0 Å². The van der Waals surface area contributed by atoms with Gasteiger partial charge in [-0.25, -0.2) is 4.98 Å². The maximum atomic E-state index is 12.2. The first-order valence-corrected chi connectivity index (χ1v) is 10.5. The van der Waals surface area contributed by atoms with E-state index in [1.165, 1.54) is 11.3 Å². The molecule has 1 amide bonds. The highest BCUT2D eigenvalue weighted by Gasteiger charge is 2.11. The number of rotatable bonds is 6. The third-order valence-electron chi connectivity index (χ3n) is 3.88. The van der Waals surface area contributed by atoms with Gasteiger partial charge >= 0.3 is 0 Å². The normalized spacial score (nSPS) is 10.6. The molecule has 0 atom stereocenters. The van der Waals surface area contributed by atoms with E-state index in [9.17, 15) is 9.59 Å². The lowest BCUT2D eigenvalue weighted by atomic mass is 10.2. The zero-order chi connectivity index (χ0) is 20.1. The van der Waals surface area contributed by atoms with Gasteiger partial charge in [-0.1, -0.05) is 72.4 Å². The quantitative estimate of drug-likeness (QED) is 0.461. The molecule has 0 spiro atoms. The first kappa shape index (κ1) is 19.0. The molecule has 2 heterocycles. The molecule has 0 fully saturated rings. The molecule has 4 rings (SSSR count). The van der Waals surface area contributed by atoms with Crippen molar-refractivity contribution >= 4 is 34.1 Å². The van der Waals surface area contributed by atoms with Gasteiger partial charge in [0.1, 0.15) is 0 Å². The number of carbonyl (C=O) groups is 1. The van der Waals surface area contributed by atoms with Crippen LogP contribution in [0, 0.1) is 0 Å². The fraction of sp³-hybridized carbons (Fsp3) is 0.0500. The molecule has 0 saturated carbocycles. The predicted molar refractivity (Wildman–Crippen MR) is 115 cm³/mol. The first-order valence-electron chi connectivity index (χ1n) is 8.65. The molecule has 2 aromatic carbocycles. The van der Waals surface area contributed by atoms with Gasteiger partial charge in [-0.15, -0.1) is 21.5 Å². The molecule has 9 heteroatoms. The lowest BCUT2D eigenvalue weighted by molar-refractivity contribution is -0.113. The van der Waals surface area contributed by atoms with E-state index in [-0.39, 0.29) is 28.1 Å². The van der Waals surface area contributed by atoms with Crippen LogP contribution >= 0.6 is 23.1 Å². The van der Waals surface area contributed by atoms with Crippen LogP contribution in [0.2, 0.25) is 0 Å². The molecule has 0 bridgehead atoms. The summed E-state index contributed by atoms with van der Waals surface area (Å²) in [5, 5.41) is 13.5. The second-order valence-corrected chi connectivity index (χ2v) is 7.74. The Kier molecular flexibility index (Phi) is 5.78. The van der Waals surface area contributed by atoms with E-state index in [2.05, 4.69) is 25.5 Å². The zero-order valence-corrected chi connectivity index (χ0v) is 16.7. The number of thiazole rings is 1. The second-order valence-electron chi connectivity index (χ2n) is 5.91. The molecule has 0 radical (unpaired) electrons. The van der Waals surface area contributed by atoms with E-state index >= 15 is 0 Å². The lowest BCUT2D eigenvalue weighted by Gasteiger charge is -2.03. The highest BCUT2D eigenvalue weighted by molar-refractivity contribution is 7.99. The molecule has 7 nitrogen and oxygen atoms in total. The monoisotopic (exact) mass is 421 g/mol. The summed E-state index contributed by atoms with van der Waals surface area (Å²) in [7, 11) is 0. The van der Waals surface area contributed by atoms with Crippen LogP contribution in [0.15, 0.2) is 76.0 Å². The lowest BCUT2D eigenvalue weighted by Crippen LogP contribution is -2.17. The van der Waals surface area contributed by atoms with Gasteiger partial charge in [0.25, 0.3) is 5.56 Å². The first-order chi connectivity index (χ1) is 14.2. The smallest absolute Gasteiger partial charge is 0.278 e. The van der Waals surface area contributed by atoms with Crippen LogP contribution in [0.25, 0.3) is 22.5 Å². The van der Waals surface area contributed by atoms with Gasteiger partial charge in [0.15, 0.2) is 16.0 Å². The minimum Gasteiger partial charge on any atom is -0.301 e. The Hall–Kier alpha value is -3.30. The van der Waals surface area contributed by atoms with Gasteiger partial charge < -0.3 is 5.32 Å². The van der Waals surface area contributed by atoms with Crippen molar-refractivity contribution in [3.8, 4) is 22.5 Å². The number of amides is 1. The number of aromatic nitrogens is 4. The Morgan fingerprint density at radius 1 is 1.00 bits per heavy atom. The summed E-state index contributed by atoms with van der Waals surface area (Å²) in [4.78, 5) is 31.5. The van der Waals surface area contributed by atoms with E-state index in [0.717, 1.165) is 23.0 Å². The summed E-state index contributed by atoms with van der Waals surface area (Å²) < 4.78 is 0. The van der Waals surface area contributed by atoms with Crippen molar-refractivity contribution in [2.45, 2.75) is 5.16 Å². The third kappa shape index (κ3) is 4.76. The van der Waals surface area contributed by atoms with Crippen molar-refractivity contribution in [2.75, 3.05) is 11.1 Å². The third-order valence-corrected chi connectivity index (χ3v) is 5.51. The number of H-pyrrole nitrogens is 1. The van der Waals surface area contributed by atoms with Crippen LogP contribution in [0.1, 0.15) is 0 Å². The Labute approximate surface area is 174 Å². The SMILES string of the molecule is O=C(CSc1nnc(-c2ccccc2)c(=O)[nH]1)Nc1nc(-c2ccccc2)cs1. The Balaban J connectivity index is 1.36. The topological polar surface area (TPSA) is 101 Å². The van der Waals surface area contributed by atoms with Crippen molar-refractivity contribution in [3.05, 3.63) is 76.4 Å². The summed E-state index contributed by atoms with van der Waals surface area (Å²) in [6, 6.07) is 18.8. The number of hydrogen-bond donors (Lipinski definition) is 2. The maximum Gasteiger partial charge on any atom is 0.278 e. The highest BCUT2D eigenvalue weighted by atomic mass is 32.2.